The lowest BCUT2D eigenvalue weighted by atomic mass is 9.98. The highest BCUT2D eigenvalue weighted by Crippen LogP contribution is 2.34. The lowest BCUT2D eigenvalue weighted by Gasteiger charge is -2.35. The predicted molar refractivity (Wildman–Crippen MR) is 135 cm³/mol. The molecule has 2 amide bonds. The first-order valence-electron chi connectivity index (χ1n) is 12.3. The van der Waals surface area contributed by atoms with E-state index in [0.717, 1.165) is 24.7 Å². The van der Waals surface area contributed by atoms with Crippen LogP contribution < -0.4 is 15.0 Å². The molecule has 2 aliphatic rings. The van der Waals surface area contributed by atoms with E-state index in [0.29, 0.717) is 43.1 Å². The van der Waals surface area contributed by atoms with Crippen molar-refractivity contribution in [2.45, 2.75) is 25.3 Å². The van der Waals surface area contributed by atoms with Crippen LogP contribution in [0.25, 0.3) is 11.7 Å². The fourth-order valence-corrected chi connectivity index (χ4v) is 4.79. The number of likely N-dealkylation sites (N-methyl/N-ethyl adjacent to an activating group) is 1. The van der Waals surface area contributed by atoms with E-state index in [4.69, 9.17) is 9.84 Å². The number of carbonyl (C=O) groups is 2. The van der Waals surface area contributed by atoms with Crippen LogP contribution in [0, 0.1) is 5.82 Å². The van der Waals surface area contributed by atoms with Crippen molar-refractivity contribution in [2.75, 3.05) is 44.8 Å². The molecule has 0 spiro atoms. The smallest absolute Gasteiger partial charge is 0.258 e. The van der Waals surface area contributed by atoms with Gasteiger partial charge in [0.05, 0.1) is 29.6 Å². The van der Waals surface area contributed by atoms with Gasteiger partial charge in [-0.2, -0.15) is 9.61 Å². The number of halogens is 1. The predicted octanol–water partition coefficient (Wildman–Crippen LogP) is 2.19. The first kappa shape index (κ1) is 24.7. The Morgan fingerprint density at radius 2 is 2.08 bits per heavy atom. The minimum Gasteiger partial charge on any atom is -0.483 e. The van der Waals surface area contributed by atoms with Gasteiger partial charge in [-0.25, -0.2) is 9.37 Å². The maximum absolute atomic E-state index is 14.2. The number of piperidine rings is 1. The van der Waals surface area contributed by atoms with E-state index < -0.39 is 5.82 Å². The lowest BCUT2D eigenvalue weighted by Crippen LogP contribution is -2.39. The molecule has 2 aromatic heterocycles. The number of anilines is 1. The van der Waals surface area contributed by atoms with Gasteiger partial charge in [-0.05, 0) is 43.5 Å². The number of aromatic nitrogens is 3. The minimum atomic E-state index is -0.559. The molecule has 1 unspecified atom stereocenters. The monoisotopic (exact) mass is 508 g/mol. The summed E-state index contributed by atoms with van der Waals surface area (Å²) in [4.78, 5) is 34.5. The van der Waals surface area contributed by atoms with Crippen LogP contribution in [0.3, 0.4) is 0 Å². The minimum absolute atomic E-state index is 0.0746. The summed E-state index contributed by atoms with van der Waals surface area (Å²) in [6, 6.07) is 7.14. The van der Waals surface area contributed by atoms with Gasteiger partial charge in [0, 0.05) is 38.8 Å². The summed E-state index contributed by atoms with van der Waals surface area (Å²) >= 11 is 0. The van der Waals surface area contributed by atoms with Crippen molar-refractivity contribution >= 4 is 29.4 Å². The zero-order valence-corrected chi connectivity index (χ0v) is 20.6. The molecule has 1 atom stereocenters. The van der Waals surface area contributed by atoms with Gasteiger partial charge in [0.1, 0.15) is 17.4 Å². The van der Waals surface area contributed by atoms with Crippen LogP contribution >= 0.6 is 0 Å². The third kappa shape index (κ3) is 5.12. The number of aliphatic hydroxyl groups is 1. The summed E-state index contributed by atoms with van der Waals surface area (Å²) in [5, 5.41) is 16.9. The van der Waals surface area contributed by atoms with Gasteiger partial charge in [0.25, 0.3) is 11.8 Å². The molecule has 37 heavy (non-hydrogen) atoms. The van der Waals surface area contributed by atoms with Crippen LogP contribution in [0.4, 0.5) is 10.2 Å². The Kier molecular flexibility index (Phi) is 7.04. The molecule has 1 aromatic carbocycles. The second-order valence-corrected chi connectivity index (χ2v) is 9.17. The van der Waals surface area contributed by atoms with E-state index in [9.17, 15) is 19.1 Å². The number of nitrogens with zero attached hydrogens (tertiary/aromatic N) is 5. The molecule has 3 aromatic rings. The van der Waals surface area contributed by atoms with Crippen LogP contribution in [0.5, 0.6) is 5.75 Å². The Balaban J connectivity index is 1.64. The molecule has 11 heteroatoms. The number of nitrogens with one attached hydrogen (secondary N) is 1. The lowest BCUT2D eigenvalue weighted by molar-refractivity contribution is -0.123. The number of benzene rings is 1. The fourth-order valence-electron chi connectivity index (χ4n) is 4.79. The van der Waals surface area contributed by atoms with Gasteiger partial charge < -0.3 is 25.0 Å². The van der Waals surface area contributed by atoms with Crippen LogP contribution in [-0.2, 0) is 4.79 Å². The third-order valence-corrected chi connectivity index (χ3v) is 6.64. The Labute approximate surface area is 213 Å². The van der Waals surface area contributed by atoms with Crippen LogP contribution in [0.15, 0.2) is 36.4 Å². The van der Waals surface area contributed by atoms with Gasteiger partial charge in [0.15, 0.2) is 12.3 Å². The average molecular weight is 509 g/mol. The number of ether oxygens (including phenoxy) is 1. The highest BCUT2D eigenvalue weighted by Gasteiger charge is 2.33. The molecule has 2 aliphatic heterocycles. The first-order chi connectivity index (χ1) is 17.9. The SMILES string of the molecule is CN1CCNC(=O)COc2ccc(F)cc2C(=O)N2CCCCC2c2cc3nc(/C=C/CO)cc1n3n2. The van der Waals surface area contributed by atoms with Crippen molar-refractivity contribution in [1.82, 2.24) is 24.8 Å². The summed E-state index contributed by atoms with van der Waals surface area (Å²) in [5.74, 6) is -0.384. The second kappa shape index (κ2) is 10.6. The molecular formula is C26H29FN6O4. The molecule has 0 saturated carbocycles. The molecule has 2 bridgehead atoms. The van der Waals surface area contributed by atoms with Gasteiger partial charge in [-0.1, -0.05) is 6.08 Å². The molecule has 4 heterocycles. The number of hydrogen-bond donors (Lipinski definition) is 2. The zero-order chi connectivity index (χ0) is 25.9. The molecule has 1 fully saturated rings. The molecule has 0 aliphatic carbocycles. The topological polar surface area (TPSA) is 112 Å². The molecular weight excluding hydrogens is 479 g/mol. The van der Waals surface area contributed by atoms with Crippen molar-refractivity contribution in [3.8, 4) is 5.75 Å². The number of aliphatic hydroxyl groups excluding tert-OH is 1. The summed E-state index contributed by atoms with van der Waals surface area (Å²) in [5.41, 5.74) is 2.01. The number of rotatable bonds is 2. The van der Waals surface area contributed by atoms with Crippen LogP contribution in [-0.4, -0.2) is 76.3 Å². The normalized spacial score (nSPS) is 19.2. The summed E-state index contributed by atoms with van der Waals surface area (Å²) in [6.07, 6.45) is 5.76. The van der Waals surface area contributed by atoms with E-state index in [2.05, 4.69) is 10.3 Å². The Hall–Kier alpha value is -3.99. The van der Waals surface area contributed by atoms with E-state index in [1.54, 1.807) is 21.6 Å². The van der Waals surface area contributed by atoms with Crippen molar-refractivity contribution in [3.05, 3.63) is 59.2 Å². The van der Waals surface area contributed by atoms with E-state index in [1.165, 1.54) is 12.1 Å². The molecule has 1 saturated heterocycles. The van der Waals surface area contributed by atoms with Gasteiger partial charge in [0.2, 0.25) is 0 Å². The van der Waals surface area contributed by atoms with Crippen LogP contribution in [0.2, 0.25) is 0 Å². The zero-order valence-electron chi connectivity index (χ0n) is 20.6. The van der Waals surface area contributed by atoms with Gasteiger partial charge >= 0.3 is 0 Å². The molecule has 5 rings (SSSR count). The highest BCUT2D eigenvalue weighted by molar-refractivity contribution is 5.97. The number of fused-ring (bicyclic) bond motifs is 4. The maximum Gasteiger partial charge on any atom is 0.258 e. The number of amides is 2. The largest absolute Gasteiger partial charge is 0.483 e. The first-order valence-corrected chi connectivity index (χ1v) is 12.3. The maximum atomic E-state index is 14.2. The second-order valence-electron chi connectivity index (χ2n) is 9.17. The molecule has 194 valence electrons. The Morgan fingerprint density at radius 1 is 1.22 bits per heavy atom. The van der Waals surface area contributed by atoms with Crippen molar-refractivity contribution in [1.29, 1.82) is 0 Å². The number of carbonyl (C=O) groups excluding carboxylic acids is 2. The quantitative estimate of drug-likeness (QED) is 0.546. The van der Waals surface area contributed by atoms with Gasteiger partial charge in [-0.15, -0.1) is 0 Å². The van der Waals surface area contributed by atoms with Crippen LogP contribution in [0.1, 0.15) is 47.1 Å². The summed E-state index contributed by atoms with van der Waals surface area (Å²) in [7, 11) is 1.89. The highest BCUT2D eigenvalue weighted by atomic mass is 19.1. The van der Waals surface area contributed by atoms with Crippen molar-refractivity contribution in [2.24, 2.45) is 0 Å². The average Bonchev–Trinajstić information content (AvgIpc) is 3.33. The van der Waals surface area contributed by atoms with E-state index in [-0.39, 0.29) is 42.4 Å². The molecule has 10 nitrogen and oxygen atoms in total. The molecule has 0 radical (unpaired) electrons. The molecule has 2 N–H and O–H groups in total. The Morgan fingerprint density at radius 3 is 2.92 bits per heavy atom. The summed E-state index contributed by atoms with van der Waals surface area (Å²) < 4.78 is 21.6. The fraction of sp³-hybridized carbons (Fsp3) is 0.385. The van der Waals surface area contributed by atoms with Crippen molar-refractivity contribution < 1.29 is 23.8 Å². The Bertz CT molecular complexity index is 1360. The van der Waals surface area contributed by atoms with E-state index >= 15 is 0 Å². The third-order valence-electron chi connectivity index (χ3n) is 6.64. The number of hydrogen-bond acceptors (Lipinski definition) is 7. The standard InChI is InChI=1S/C26H29FN6O4/c1-31-11-9-28-24(35)16-37-22-8-7-17(27)13-19(22)26(36)32-10-3-2-6-21(32)20-15-23-29-18(5-4-12-34)14-25(31)33(23)30-20/h4-5,7-8,13-15,21,34H,2-3,6,9-12,16H2,1H3,(H,28,35)/b5-4+. The van der Waals surface area contributed by atoms with Gasteiger partial charge in [-0.3, -0.25) is 9.59 Å². The van der Waals surface area contributed by atoms with Crippen molar-refractivity contribution in [3.63, 3.8) is 0 Å². The summed E-state index contributed by atoms with van der Waals surface area (Å²) in [6.45, 7) is 0.897. The van der Waals surface area contributed by atoms with E-state index in [1.807, 2.05) is 24.1 Å².